The van der Waals surface area contributed by atoms with Crippen molar-refractivity contribution in [2.24, 2.45) is 5.92 Å². The van der Waals surface area contributed by atoms with Crippen LogP contribution in [0.3, 0.4) is 0 Å². The van der Waals surface area contributed by atoms with Gasteiger partial charge in [0.25, 0.3) is 5.91 Å². The van der Waals surface area contributed by atoms with Crippen LogP contribution in [0.1, 0.15) is 47.9 Å². The van der Waals surface area contributed by atoms with Crippen molar-refractivity contribution in [3.05, 3.63) is 59.7 Å². The predicted octanol–water partition coefficient (Wildman–Crippen LogP) is 4.42. The smallest absolute Gasteiger partial charge is 0.338 e. The van der Waals surface area contributed by atoms with Gasteiger partial charge >= 0.3 is 5.97 Å². The summed E-state index contributed by atoms with van der Waals surface area (Å²) in [4.78, 5) is 24.3. The van der Waals surface area contributed by atoms with Crippen LogP contribution in [0.15, 0.2) is 48.5 Å². The first-order valence-corrected chi connectivity index (χ1v) is 9.92. The Morgan fingerprint density at radius 2 is 1.76 bits per heavy atom. The Kier molecular flexibility index (Phi) is 8.61. The van der Waals surface area contributed by atoms with Crippen molar-refractivity contribution >= 4 is 34.9 Å². The number of carbonyl (C=O) groups is 2. The summed E-state index contributed by atoms with van der Waals surface area (Å²) >= 11 is 5.23. The SMILES string of the molecule is CCOC(=O)c1ccc(NC(=S)NC(=O)c2ccccc2OCCC(C)C)cc1. The van der Waals surface area contributed by atoms with Crippen molar-refractivity contribution < 1.29 is 19.1 Å². The first kappa shape index (κ1) is 22.4. The number of ether oxygens (including phenoxy) is 2. The molecule has 6 nitrogen and oxygen atoms in total. The van der Waals surface area contributed by atoms with Gasteiger partial charge in [-0.05, 0) is 67.9 Å². The van der Waals surface area contributed by atoms with Gasteiger partial charge in [0.2, 0.25) is 0 Å². The van der Waals surface area contributed by atoms with Crippen LogP contribution in [0.25, 0.3) is 0 Å². The van der Waals surface area contributed by atoms with E-state index in [4.69, 9.17) is 21.7 Å². The molecule has 0 atom stereocenters. The molecule has 0 aliphatic rings. The third-order valence-electron chi connectivity index (χ3n) is 3.97. The average molecular weight is 415 g/mol. The van der Waals surface area contributed by atoms with Crippen LogP contribution in [-0.2, 0) is 4.74 Å². The maximum absolute atomic E-state index is 12.6. The first-order chi connectivity index (χ1) is 13.9. The number of para-hydroxylation sites is 1. The lowest BCUT2D eigenvalue weighted by atomic mass is 10.1. The summed E-state index contributed by atoms with van der Waals surface area (Å²) in [5.74, 6) is 0.296. The fraction of sp³-hybridized carbons (Fsp3) is 0.318. The minimum Gasteiger partial charge on any atom is -0.493 e. The molecule has 0 fully saturated rings. The number of hydrogen-bond acceptors (Lipinski definition) is 5. The van der Waals surface area contributed by atoms with Gasteiger partial charge in [-0.15, -0.1) is 0 Å². The highest BCUT2D eigenvalue weighted by atomic mass is 32.1. The molecule has 0 spiro atoms. The Morgan fingerprint density at radius 1 is 1.07 bits per heavy atom. The van der Waals surface area contributed by atoms with Crippen LogP contribution < -0.4 is 15.4 Å². The first-order valence-electron chi connectivity index (χ1n) is 9.52. The fourth-order valence-corrected chi connectivity index (χ4v) is 2.63. The molecule has 0 aromatic heterocycles. The lowest BCUT2D eigenvalue weighted by Crippen LogP contribution is -2.34. The Balaban J connectivity index is 1.95. The molecule has 0 saturated heterocycles. The van der Waals surface area contributed by atoms with E-state index < -0.39 is 0 Å². The Morgan fingerprint density at radius 3 is 2.41 bits per heavy atom. The van der Waals surface area contributed by atoms with Crippen molar-refractivity contribution in [1.82, 2.24) is 5.32 Å². The standard InChI is InChI=1S/C22H26N2O4S/c1-4-27-21(26)16-9-11-17(12-10-16)23-22(29)24-20(25)18-7-5-6-8-19(18)28-14-13-15(2)3/h5-12,15H,4,13-14H2,1-3H3,(H2,23,24,25,29). The van der Waals surface area contributed by atoms with E-state index in [0.717, 1.165) is 6.42 Å². The lowest BCUT2D eigenvalue weighted by Gasteiger charge is -2.14. The normalized spacial score (nSPS) is 10.3. The van der Waals surface area contributed by atoms with Gasteiger partial charge in [0.15, 0.2) is 5.11 Å². The van der Waals surface area contributed by atoms with Crippen LogP contribution >= 0.6 is 12.2 Å². The molecule has 0 aliphatic carbocycles. The summed E-state index contributed by atoms with van der Waals surface area (Å²) < 4.78 is 10.7. The number of hydrogen-bond donors (Lipinski definition) is 2. The molecular weight excluding hydrogens is 388 g/mol. The van der Waals surface area contributed by atoms with Gasteiger partial charge in [-0.25, -0.2) is 4.79 Å². The number of thiocarbonyl (C=S) groups is 1. The van der Waals surface area contributed by atoms with E-state index in [9.17, 15) is 9.59 Å². The van der Waals surface area contributed by atoms with Gasteiger partial charge in [-0.1, -0.05) is 26.0 Å². The fourth-order valence-electron chi connectivity index (χ4n) is 2.42. The van der Waals surface area contributed by atoms with Crippen molar-refractivity contribution in [2.45, 2.75) is 27.2 Å². The minimum absolute atomic E-state index is 0.149. The number of anilines is 1. The summed E-state index contributed by atoms with van der Waals surface area (Å²) in [5, 5.41) is 5.73. The Hall–Kier alpha value is -2.93. The average Bonchev–Trinajstić information content (AvgIpc) is 2.68. The number of nitrogens with one attached hydrogen (secondary N) is 2. The number of carbonyl (C=O) groups excluding carboxylic acids is 2. The molecule has 2 N–H and O–H groups in total. The van der Waals surface area contributed by atoms with Gasteiger partial charge < -0.3 is 14.8 Å². The molecule has 7 heteroatoms. The van der Waals surface area contributed by atoms with E-state index in [1.54, 1.807) is 49.4 Å². The van der Waals surface area contributed by atoms with Crippen LogP contribution in [0.5, 0.6) is 5.75 Å². The second-order valence-electron chi connectivity index (χ2n) is 6.73. The van der Waals surface area contributed by atoms with E-state index >= 15 is 0 Å². The van der Waals surface area contributed by atoms with Crippen LogP contribution in [0, 0.1) is 5.92 Å². The van der Waals surface area contributed by atoms with Gasteiger partial charge in [0.1, 0.15) is 5.75 Å². The van der Waals surface area contributed by atoms with Crippen LogP contribution in [0.2, 0.25) is 0 Å². The highest BCUT2D eigenvalue weighted by Gasteiger charge is 2.14. The molecule has 0 radical (unpaired) electrons. The van der Waals surface area contributed by atoms with Crippen LogP contribution in [-0.4, -0.2) is 30.2 Å². The second kappa shape index (κ2) is 11.2. The Bertz CT molecular complexity index is 850. The monoisotopic (exact) mass is 414 g/mol. The molecular formula is C22H26N2O4S. The molecule has 0 aliphatic heterocycles. The van der Waals surface area contributed by atoms with Crippen molar-refractivity contribution in [3.63, 3.8) is 0 Å². The van der Waals surface area contributed by atoms with E-state index in [-0.39, 0.29) is 17.0 Å². The molecule has 2 aromatic carbocycles. The zero-order valence-corrected chi connectivity index (χ0v) is 17.7. The van der Waals surface area contributed by atoms with Crippen molar-refractivity contribution in [2.75, 3.05) is 18.5 Å². The molecule has 0 unspecified atom stereocenters. The number of rotatable bonds is 8. The van der Waals surface area contributed by atoms with E-state index in [2.05, 4.69) is 24.5 Å². The maximum Gasteiger partial charge on any atom is 0.338 e. The molecule has 2 aromatic rings. The summed E-state index contributed by atoms with van der Waals surface area (Å²) in [6, 6.07) is 13.7. The molecule has 0 saturated carbocycles. The second-order valence-corrected chi connectivity index (χ2v) is 7.14. The summed E-state index contributed by atoms with van der Waals surface area (Å²) in [5.41, 5.74) is 1.50. The molecule has 0 heterocycles. The molecule has 154 valence electrons. The zero-order chi connectivity index (χ0) is 21.2. The third-order valence-corrected chi connectivity index (χ3v) is 4.17. The zero-order valence-electron chi connectivity index (χ0n) is 16.9. The van der Waals surface area contributed by atoms with Crippen molar-refractivity contribution in [3.8, 4) is 5.75 Å². The Labute approximate surface area is 176 Å². The van der Waals surface area contributed by atoms with Gasteiger partial charge in [0, 0.05) is 5.69 Å². The van der Waals surface area contributed by atoms with Gasteiger partial charge in [-0.3, -0.25) is 10.1 Å². The van der Waals surface area contributed by atoms with Gasteiger partial charge in [0.05, 0.1) is 24.3 Å². The van der Waals surface area contributed by atoms with Crippen molar-refractivity contribution in [1.29, 1.82) is 0 Å². The number of amides is 1. The predicted molar refractivity (Wildman–Crippen MR) is 117 cm³/mol. The minimum atomic E-state index is -0.385. The number of esters is 1. The quantitative estimate of drug-likeness (QED) is 0.492. The van der Waals surface area contributed by atoms with E-state index in [1.807, 2.05) is 6.07 Å². The lowest BCUT2D eigenvalue weighted by molar-refractivity contribution is 0.0526. The number of benzene rings is 2. The highest BCUT2D eigenvalue weighted by Crippen LogP contribution is 2.19. The summed E-state index contributed by atoms with van der Waals surface area (Å²) in [7, 11) is 0. The molecule has 0 bridgehead atoms. The largest absolute Gasteiger partial charge is 0.493 e. The molecule has 2 rings (SSSR count). The third kappa shape index (κ3) is 7.19. The summed E-state index contributed by atoms with van der Waals surface area (Å²) in [6.07, 6.45) is 0.901. The topological polar surface area (TPSA) is 76.7 Å². The summed E-state index contributed by atoms with van der Waals surface area (Å²) in [6.45, 7) is 6.84. The van der Waals surface area contributed by atoms with Gasteiger partial charge in [-0.2, -0.15) is 0 Å². The van der Waals surface area contributed by atoms with E-state index in [0.29, 0.717) is 41.7 Å². The van der Waals surface area contributed by atoms with E-state index in [1.165, 1.54) is 0 Å². The highest BCUT2D eigenvalue weighted by molar-refractivity contribution is 7.80. The maximum atomic E-state index is 12.6. The molecule has 1 amide bonds. The van der Waals surface area contributed by atoms with Crippen LogP contribution in [0.4, 0.5) is 5.69 Å². The molecule has 29 heavy (non-hydrogen) atoms.